The van der Waals surface area contributed by atoms with E-state index in [1.807, 2.05) is 6.92 Å². The summed E-state index contributed by atoms with van der Waals surface area (Å²) in [7, 11) is 1.27. The minimum absolute atomic E-state index is 0.0331. The molecular formula is C11H12ClN5O2. The van der Waals surface area contributed by atoms with Gasteiger partial charge in [0.25, 0.3) is 5.82 Å². The lowest BCUT2D eigenvalue weighted by molar-refractivity contribution is 0.0587. The van der Waals surface area contributed by atoms with E-state index in [4.69, 9.17) is 11.6 Å². The molecule has 0 unspecified atom stereocenters. The molecule has 0 fully saturated rings. The van der Waals surface area contributed by atoms with E-state index in [0.29, 0.717) is 23.2 Å². The predicted octanol–water partition coefficient (Wildman–Crippen LogP) is 1.45. The largest absolute Gasteiger partial charge is 0.463 e. The average molecular weight is 282 g/mol. The van der Waals surface area contributed by atoms with Gasteiger partial charge in [-0.15, -0.1) is 5.10 Å². The van der Waals surface area contributed by atoms with Gasteiger partial charge in [0.1, 0.15) is 17.3 Å². The van der Waals surface area contributed by atoms with E-state index in [2.05, 4.69) is 24.8 Å². The van der Waals surface area contributed by atoms with Crippen LogP contribution in [0.3, 0.4) is 0 Å². The normalized spacial score (nSPS) is 10.5. The summed E-state index contributed by atoms with van der Waals surface area (Å²) in [5, 5.41) is 4.30. The Balaban J connectivity index is 2.35. The summed E-state index contributed by atoms with van der Waals surface area (Å²) in [5.41, 5.74) is 0. The summed E-state index contributed by atoms with van der Waals surface area (Å²) in [5.74, 6) is 0.452. The van der Waals surface area contributed by atoms with E-state index >= 15 is 0 Å². The van der Waals surface area contributed by atoms with Crippen molar-refractivity contribution in [1.82, 2.24) is 24.7 Å². The molecule has 0 spiro atoms. The SMILES string of the molecule is CCCc1nc(Cl)cc(-n2cnc(C(=O)OC)n2)n1. The Morgan fingerprint density at radius 2 is 2.26 bits per heavy atom. The molecule has 8 heteroatoms. The summed E-state index contributed by atoms with van der Waals surface area (Å²) < 4.78 is 5.90. The smallest absolute Gasteiger partial charge is 0.377 e. The molecule has 100 valence electrons. The number of ether oxygens (including phenoxy) is 1. The Morgan fingerprint density at radius 1 is 1.47 bits per heavy atom. The van der Waals surface area contributed by atoms with Crippen molar-refractivity contribution in [1.29, 1.82) is 0 Å². The van der Waals surface area contributed by atoms with Crippen LogP contribution in [0.15, 0.2) is 12.4 Å². The zero-order valence-electron chi connectivity index (χ0n) is 10.5. The molecular weight excluding hydrogens is 270 g/mol. The number of hydrogen-bond acceptors (Lipinski definition) is 6. The maximum atomic E-state index is 11.3. The minimum Gasteiger partial charge on any atom is -0.463 e. The summed E-state index contributed by atoms with van der Waals surface area (Å²) in [6.45, 7) is 2.02. The van der Waals surface area contributed by atoms with Crippen molar-refractivity contribution in [2.75, 3.05) is 7.11 Å². The standard InChI is InChI=1S/C11H12ClN5O2/c1-3-4-8-14-7(12)5-9(15-8)17-6-13-10(16-17)11(18)19-2/h5-6H,3-4H2,1-2H3. The fraction of sp³-hybridized carbons (Fsp3) is 0.364. The Labute approximate surface area is 114 Å². The molecule has 0 aliphatic heterocycles. The average Bonchev–Trinajstić information content (AvgIpc) is 2.87. The first-order chi connectivity index (χ1) is 9.13. The van der Waals surface area contributed by atoms with Gasteiger partial charge in [0.05, 0.1) is 7.11 Å². The van der Waals surface area contributed by atoms with Gasteiger partial charge < -0.3 is 4.74 Å². The van der Waals surface area contributed by atoms with Gasteiger partial charge in [-0.3, -0.25) is 0 Å². The monoisotopic (exact) mass is 281 g/mol. The molecule has 19 heavy (non-hydrogen) atoms. The molecule has 0 amide bonds. The number of esters is 1. The molecule has 2 heterocycles. The summed E-state index contributed by atoms with van der Waals surface area (Å²) >= 11 is 5.93. The van der Waals surface area contributed by atoms with E-state index in [9.17, 15) is 4.79 Å². The Bertz CT molecular complexity index is 599. The molecule has 0 aliphatic carbocycles. The molecule has 0 aliphatic rings. The van der Waals surface area contributed by atoms with Crippen LogP contribution in [0.5, 0.6) is 0 Å². The van der Waals surface area contributed by atoms with E-state index in [-0.39, 0.29) is 5.82 Å². The molecule has 0 bridgehead atoms. The van der Waals surface area contributed by atoms with Crippen LogP contribution in [0, 0.1) is 0 Å². The number of halogens is 1. The number of rotatable bonds is 4. The van der Waals surface area contributed by atoms with Crippen molar-refractivity contribution in [3.05, 3.63) is 29.2 Å². The van der Waals surface area contributed by atoms with Gasteiger partial charge in [-0.1, -0.05) is 18.5 Å². The van der Waals surface area contributed by atoms with E-state index in [1.54, 1.807) is 6.07 Å². The Kier molecular flexibility index (Phi) is 4.06. The highest BCUT2D eigenvalue weighted by molar-refractivity contribution is 6.29. The first-order valence-electron chi connectivity index (χ1n) is 5.68. The third kappa shape index (κ3) is 3.05. The predicted molar refractivity (Wildman–Crippen MR) is 67.3 cm³/mol. The van der Waals surface area contributed by atoms with Gasteiger partial charge in [-0.05, 0) is 6.42 Å². The van der Waals surface area contributed by atoms with Crippen molar-refractivity contribution >= 4 is 17.6 Å². The second-order valence-electron chi connectivity index (χ2n) is 3.72. The highest BCUT2D eigenvalue weighted by Gasteiger charge is 2.13. The second kappa shape index (κ2) is 5.75. The van der Waals surface area contributed by atoms with Crippen LogP contribution in [0.25, 0.3) is 5.82 Å². The summed E-state index contributed by atoms with van der Waals surface area (Å²) in [6, 6.07) is 1.55. The third-order valence-electron chi connectivity index (χ3n) is 2.30. The van der Waals surface area contributed by atoms with Crippen LogP contribution < -0.4 is 0 Å². The molecule has 2 aromatic rings. The zero-order chi connectivity index (χ0) is 13.8. The number of aromatic nitrogens is 5. The highest BCUT2D eigenvalue weighted by Crippen LogP contribution is 2.11. The number of aryl methyl sites for hydroxylation is 1. The summed E-state index contributed by atoms with van der Waals surface area (Å²) in [4.78, 5) is 23.5. The maximum Gasteiger partial charge on any atom is 0.377 e. The highest BCUT2D eigenvalue weighted by atomic mass is 35.5. The van der Waals surface area contributed by atoms with Gasteiger partial charge in [0.15, 0.2) is 5.82 Å². The van der Waals surface area contributed by atoms with Gasteiger partial charge in [-0.2, -0.15) is 0 Å². The van der Waals surface area contributed by atoms with Crippen LogP contribution in [-0.2, 0) is 11.2 Å². The van der Waals surface area contributed by atoms with Crippen molar-refractivity contribution in [3.8, 4) is 5.82 Å². The van der Waals surface area contributed by atoms with E-state index in [0.717, 1.165) is 6.42 Å². The lowest BCUT2D eigenvalue weighted by Gasteiger charge is -2.03. The fourth-order valence-electron chi connectivity index (χ4n) is 1.46. The molecule has 0 saturated carbocycles. The Hall–Kier alpha value is -2.02. The Morgan fingerprint density at radius 3 is 2.95 bits per heavy atom. The van der Waals surface area contributed by atoms with Crippen molar-refractivity contribution in [3.63, 3.8) is 0 Å². The maximum absolute atomic E-state index is 11.3. The molecule has 0 saturated heterocycles. The fourth-order valence-corrected chi connectivity index (χ4v) is 1.66. The molecule has 0 radical (unpaired) electrons. The first-order valence-corrected chi connectivity index (χ1v) is 6.05. The van der Waals surface area contributed by atoms with E-state index in [1.165, 1.54) is 18.1 Å². The number of carbonyl (C=O) groups is 1. The molecule has 2 rings (SSSR count). The van der Waals surface area contributed by atoms with Crippen LogP contribution >= 0.6 is 11.6 Å². The number of carbonyl (C=O) groups excluding carboxylic acids is 1. The molecule has 0 atom stereocenters. The van der Waals surface area contributed by atoms with Crippen molar-refractivity contribution in [2.24, 2.45) is 0 Å². The third-order valence-corrected chi connectivity index (χ3v) is 2.49. The molecule has 0 aromatic carbocycles. The topological polar surface area (TPSA) is 82.8 Å². The number of nitrogens with zero attached hydrogens (tertiary/aromatic N) is 5. The second-order valence-corrected chi connectivity index (χ2v) is 4.11. The van der Waals surface area contributed by atoms with Gasteiger partial charge in [0, 0.05) is 12.5 Å². The van der Waals surface area contributed by atoms with Crippen LogP contribution in [0.4, 0.5) is 0 Å². The van der Waals surface area contributed by atoms with Crippen LogP contribution in [-0.4, -0.2) is 37.8 Å². The molecule has 2 aromatic heterocycles. The van der Waals surface area contributed by atoms with E-state index < -0.39 is 5.97 Å². The quantitative estimate of drug-likeness (QED) is 0.623. The van der Waals surface area contributed by atoms with Gasteiger partial charge >= 0.3 is 5.97 Å². The lowest BCUT2D eigenvalue weighted by atomic mass is 10.3. The van der Waals surface area contributed by atoms with Crippen LogP contribution in [0.2, 0.25) is 5.15 Å². The van der Waals surface area contributed by atoms with Crippen molar-refractivity contribution < 1.29 is 9.53 Å². The first kappa shape index (κ1) is 13.4. The number of methoxy groups -OCH3 is 1. The number of hydrogen-bond donors (Lipinski definition) is 0. The van der Waals surface area contributed by atoms with Gasteiger partial charge in [0.2, 0.25) is 0 Å². The van der Waals surface area contributed by atoms with Crippen molar-refractivity contribution in [2.45, 2.75) is 19.8 Å². The molecule has 0 N–H and O–H groups in total. The molecule has 7 nitrogen and oxygen atoms in total. The summed E-state index contributed by atoms with van der Waals surface area (Å²) in [6.07, 6.45) is 3.00. The lowest BCUT2D eigenvalue weighted by Crippen LogP contribution is -2.07. The zero-order valence-corrected chi connectivity index (χ0v) is 11.3. The minimum atomic E-state index is -0.604. The van der Waals surface area contributed by atoms with Gasteiger partial charge in [-0.25, -0.2) is 24.4 Å². The van der Waals surface area contributed by atoms with Crippen LogP contribution in [0.1, 0.15) is 29.8 Å².